The average molecular weight is 338 g/mol. The molecule has 0 spiro atoms. The Labute approximate surface area is 130 Å². The van der Waals surface area contributed by atoms with Crippen molar-refractivity contribution in [3.8, 4) is 0 Å². The molecule has 0 radical (unpaired) electrons. The van der Waals surface area contributed by atoms with E-state index in [4.69, 9.17) is 5.73 Å². The number of hydrogen-bond acceptors (Lipinski definition) is 3. The van der Waals surface area contributed by atoms with Crippen LogP contribution in [0.5, 0.6) is 0 Å². The van der Waals surface area contributed by atoms with Crippen molar-refractivity contribution >= 4 is 21.6 Å². The Balaban J connectivity index is 1.84. The van der Waals surface area contributed by atoms with E-state index in [1.807, 2.05) is 6.92 Å². The maximum absolute atomic E-state index is 5.97. The normalized spacial score (nSPS) is 28.5. The van der Waals surface area contributed by atoms with Gasteiger partial charge >= 0.3 is 0 Å². The lowest BCUT2D eigenvalue weighted by atomic mass is 10.0. The molecule has 0 saturated carbocycles. The molecule has 3 atom stereocenters. The second-order valence-electron chi connectivity index (χ2n) is 6.29. The smallest absolute Gasteiger partial charge is 0.0514 e. The fourth-order valence-corrected chi connectivity index (χ4v) is 4.19. The Hall–Kier alpha value is -0.580. The van der Waals surface area contributed by atoms with E-state index in [1.54, 1.807) is 0 Å². The summed E-state index contributed by atoms with van der Waals surface area (Å²) in [4.78, 5) is 5.22. The monoisotopic (exact) mass is 337 g/mol. The summed E-state index contributed by atoms with van der Waals surface area (Å²) in [5.41, 5.74) is 8.47. The van der Waals surface area contributed by atoms with Gasteiger partial charge in [-0.15, -0.1) is 0 Å². The molecule has 2 aliphatic rings. The molecule has 2 fully saturated rings. The summed E-state index contributed by atoms with van der Waals surface area (Å²) in [6.07, 6.45) is 2.70. The largest absolute Gasteiger partial charge is 0.365 e. The standard InChI is InChI=1S/C16H24BrN3/c1-11-9-19-7-3-4-14(19)10-20(11)16-6-5-13(12(2)18)8-15(16)17/h5-6,8,11-12,14H,3-4,7,9-10,18H2,1-2H3/t11?,12-,14?/m0/s1. The van der Waals surface area contributed by atoms with Crippen LogP contribution in [0.2, 0.25) is 0 Å². The molecule has 2 aliphatic heterocycles. The van der Waals surface area contributed by atoms with E-state index < -0.39 is 0 Å². The fourth-order valence-electron chi connectivity index (χ4n) is 3.56. The van der Waals surface area contributed by atoms with Crippen molar-refractivity contribution < 1.29 is 0 Å². The van der Waals surface area contributed by atoms with Crippen LogP contribution in [-0.4, -0.2) is 36.6 Å². The highest BCUT2D eigenvalue weighted by molar-refractivity contribution is 9.10. The summed E-state index contributed by atoms with van der Waals surface area (Å²) >= 11 is 3.74. The van der Waals surface area contributed by atoms with Gasteiger partial charge in [-0.1, -0.05) is 6.07 Å². The third-order valence-electron chi connectivity index (χ3n) is 4.74. The first-order valence-electron chi connectivity index (χ1n) is 7.62. The Bertz CT molecular complexity index is 489. The molecule has 20 heavy (non-hydrogen) atoms. The fraction of sp³-hybridized carbons (Fsp3) is 0.625. The van der Waals surface area contributed by atoms with Crippen LogP contribution in [0, 0.1) is 0 Å². The highest BCUT2D eigenvalue weighted by atomic mass is 79.9. The van der Waals surface area contributed by atoms with Gasteiger partial charge in [0.05, 0.1) is 5.69 Å². The van der Waals surface area contributed by atoms with E-state index in [9.17, 15) is 0 Å². The number of hydrogen-bond donors (Lipinski definition) is 1. The first kappa shape index (κ1) is 14.4. The van der Waals surface area contributed by atoms with Crippen molar-refractivity contribution in [1.82, 2.24) is 4.90 Å². The Kier molecular flexibility index (Phi) is 4.07. The zero-order chi connectivity index (χ0) is 14.3. The molecule has 2 N–H and O–H groups in total. The first-order chi connectivity index (χ1) is 9.56. The lowest BCUT2D eigenvalue weighted by Crippen LogP contribution is -2.55. The number of nitrogens with zero attached hydrogens (tertiary/aromatic N) is 2. The van der Waals surface area contributed by atoms with Crippen molar-refractivity contribution in [2.24, 2.45) is 5.73 Å². The summed E-state index contributed by atoms with van der Waals surface area (Å²) in [5, 5.41) is 0. The van der Waals surface area contributed by atoms with Gasteiger partial charge in [-0.2, -0.15) is 0 Å². The molecule has 0 aromatic heterocycles. The molecule has 2 unspecified atom stereocenters. The molecular weight excluding hydrogens is 314 g/mol. The molecule has 2 heterocycles. The Morgan fingerprint density at radius 1 is 1.35 bits per heavy atom. The van der Waals surface area contributed by atoms with Crippen molar-refractivity contribution in [3.05, 3.63) is 28.2 Å². The van der Waals surface area contributed by atoms with Gasteiger partial charge in [0.25, 0.3) is 0 Å². The van der Waals surface area contributed by atoms with Gasteiger partial charge in [-0.3, -0.25) is 4.90 Å². The number of fused-ring (bicyclic) bond motifs is 1. The van der Waals surface area contributed by atoms with Crippen LogP contribution in [-0.2, 0) is 0 Å². The van der Waals surface area contributed by atoms with Gasteiger partial charge in [-0.05, 0) is 66.9 Å². The minimum absolute atomic E-state index is 0.0875. The highest BCUT2D eigenvalue weighted by Crippen LogP contribution is 2.34. The number of benzene rings is 1. The van der Waals surface area contributed by atoms with Gasteiger partial charge in [0.1, 0.15) is 0 Å². The Morgan fingerprint density at radius 2 is 2.15 bits per heavy atom. The quantitative estimate of drug-likeness (QED) is 0.899. The summed E-state index contributed by atoms with van der Waals surface area (Å²) in [7, 11) is 0. The predicted molar refractivity (Wildman–Crippen MR) is 88.1 cm³/mol. The van der Waals surface area contributed by atoms with E-state index in [0.717, 1.165) is 12.6 Å². The molecular formula is C16H24BrN3. The maximum atomic E-state index is 5.97. The average Bonchev–Trinajstić information content (AvgIpc) is 2.84. The summed E-state index contributed by atoms with van der Waals surface area (Å²) in [6, 6.07) is 7.97. The molecule has 0 bridgehead atoms. The third-order valence-corrected chi connectivity index (χ3v) is 5.38. The zero-order valence-corrected chi connectivity index (χ0v) is 13.9. The van der Waals surface area contributed by atoms with Crippen LogP contribution in [0.4, 0.5) is 5.69 Å². The number of nitrogens with two attached hydrogens (primary N) is 1. The van der Waals surface area contributed by atoms with Crippen LogP contribution in [0.15, 0.2) is 22.7 Å². The van der Waals surface area contributed by atoms with Crippen molar-refractivity contribution in [3.63, 3.8) is 0 Å². The SMILES string of the molecule is CC1CN2CCCC2CN1c1ccc([C@H](C)N)cc1Br. The molecule has 1 aromatic carbocycles. The van der Waals surface area contributed by atoms with E-state index in [-0.39, 0.29) is 6.04 Å². The first-order valence-corrected chi connectivity index (χ1v) is 8.41. The van der Waals surface area contributed by atoms with E-state index in [2.05, 4.69) is 50.9 Å². The van der Waals surface area contributed by atoms with Crippen molar-refractivity contribution in [2.75, 3.05) is 24.5 Å². The zero-order valence-electron chi connectivity index (χ0n) is 12.3. The molecule has 4 heteroatoms. The predicted octanol–water partition coefficient (Wildman–Crippen LogP) is 3.14. The lowest BCUT2D eigenvalue weighted by molar-refractivity contribution is 0.203. The van der Waals surface area contributed by atoms with Gasteiger partial charge in [0, 0.05) is 35.7 Å². The number of rotatable bonds is 2. The van der Waals surface area contributed by atoms with Crippen LogP contribution >= 0.6 is 15.9 Å². The molecule has 3 rings (SSSR count). The summed E-state index contributed by atoms with van der Waals surface area (Å²) in [5.74, 6) is 0. The summed E-state index contributed by atoms with van der Waals surface area (Å²) < 4.78 is 1.17. The third kappa shape index (κ3) is 2.61. The second kappa shape index (κ2) is 5.66. The minimum Gasteiger partial charge on any atom is -0.365 e. The topological polar surface area (TPSA) is 32.5 Å². The summed E-state index contributed by atoms with van der Waals surface area (Å²) in [6.45, 7) is 7.99. The molecule has 3 nitrogen and oxygen atoms in total. The van der Waals surface area contributed by atoms with E-state index in [1.165, 1.54) is 41.7 Å². The molecule has 0 aliphatic carbocycles. The number of piperazine rings is 1. The van der Waals surface area contributed by atoms with Crippen molar-refractivity contribution in [2.45, 2.75) is 44.8 Å². The lowest BCUT2D eigenvalue weighted by Gasteiger charge is -2.44. The maximum Gasteiger partial charge on any atom is 0.0514 e. The van der Waals surface area contributed by atoms with Crippen LogP contribution in [0.25, 0.3) is 0 Å². The van der Waals surface area contributed by atoms with Gasteiger partial charge in [0.15, 0.2) is 0 Å². The van der Waals surface area contributed by atoms with Gasteiger partial charge < -0.3 is 10.6 Å². The van der Waals surface area contributed by atoms with Crippen LogP contribution in [0.3, 0.4) is 0 Å². The molecule has 2 saturated heterocycles. The molecule has 110 valence electrons. The van der Waals surface area contributed by atoms with E-state index >= 15 is 0 Å². The van der Waals surface area contributed by atoms with Gasteiger partial charge in [0.2, 0.25) is 0 Å². The van der Waals surface area contributed by atoms with E-state index in [0.29, 0.717) is 6.04 Å². The van der Waals surface area contributed by atoms with Crippen molar-refractivity contribution in [1.29, 1.82) is 0 Å². The number of halogens is 1. The molecule has 0 amide bonds. The second-order valence-corrected chi connectivity index (χ2v) is 7.15. The van der Waals surface area contributed by atoms with Crippen LogP contribution < -0.4 is 10.6 Å². The van der Waals surface area contributed by atoms with Crippen LogP contribution in [0.1, 0.15) is 38.3 Å². The Morgan fingerprint density at radius 3 is 2.85 bits per heavy atom. The number of anilines is 1. The molecule has 1 aromatic rings. The van der Waals surface area contributed by atoms with Gasteiger partial charge in [-0.25, -0.2) is 0 Å². The highest BCUT2D eigenvalue weighted by Gasteiger charge is 2.34. The minimum atomic E-state index is 0.0875.